The van der Waals surface area contributed by atoms with Gasteiger partial charge in [-0.2, -0.15) is 13.2 Å². The lowest BCUT2D eigenvalue weighted by molar-refractivity contribution is -0.0327. The molecule has 0 aromatic heterocycles. The van der Waals surface area contributed by atoms with Gasteiger partial charge in [0, 0.05) is 24.7 Å². The fourth-order valence-electron chi connectivity index (χ4n) is 1.62. The van der Waals surface area contributed by atoms with E-state index in [4.69, 9.17) is 0 Å². The highest BCUT2D eigenvalue weighted by Gasteiger charge is 2.30. The van der Waals surface area contributed by atoms with Crippen LogP contribution in [0.4, 0.5) is 18.9 Å². The number of thioether (sulfide) groups is 1. The fourth-order valence-corrected chi connectivity index (χ4v) is 2.26. The van der Waals surface area contributed by atoms with Crippen LogP contribution in [-0.2, 0) is 0 Å². The van der Waals surface area contributed by atoms with E-state index < -0.39 is 5.51 Å². The predicted octanol–water partition coefficient (Wildman–Crippen LogP) is 3.35. The molecule has 0 aliphatic rings. The van der Waals surface area contributed by atoms with Crippen LogP contribution in [0.15, 0.2) is 34.2 Å². The van der Waals surface area contributed by atoms with Crippen LogP contribution in [0, 0.1) is 0 Å². The van der Waals surface area contributed by atoms with E-state index in [9.17, 15) is 13.2 Å². The zero-order valence-electron chi connectivity index (χ0n) is 10.9. The third-order valence-corrected chi connectivity index (χ3v) is 3.20. The first-order valence-electron chi connectivity index (χ1n) is 5.63. The SMILES string of the molecule is CN=C(NC)C(C)Nc1ccccc1SC(F)(F)F. The summed E-state index contributed by atoms with van der Waals surface area (Å²) >= 11 is -0.127. The van der Waals surface area contributed by atoms with Crippen LogP contribution >= 0.6 is 11.8 Å². The van der Waals surface area contributed by atoms with Crippen molar-refractivity contribution in [2.75, 3.05) is 19.4 Å². The summed E-state index contributed by atoms with van der Waals surface area (Å²) in [6.45, 7) is 1.83. The summed E-state index contributed by atoms with van der Waals surface area (Å²) < 4.78 is 37.3. The monoisotopic (exact) mass is 291 g/mol. The fraction of sp³-hybridized carbons (Fsp3) is 0.417. The lowest BCUT2D eigenvalue weighted by atomic mass is 10.2. The van der Waals surface area contributed by atoms with Gasteiger partial charge in [0.2, 0.25) is 0 Å². The molecule has 0 saturated heterocycles. The molecule has 0 heterocycles. The molecule has 0 aliphatic heterocycles. The zero-order chi connectivity index (χ0) is 14.5. The third kappa shape index (κ3) is 5.02. The highest BCUT2D eigenvalue weighted by molar-refractivity contribution is 8.00. The number of benzene rings is 1. The van der Waals surface area contributed by atoms with E-state index in [0.717, 1.165) is 0 Å². The maximum absolute atomic E-state index is 12.4. The normalized spacial score (nSPS) is 14.1. The first-order chi connectivity index (χ1) is 8.87. The number of likely N-dealkylation sites (N-methyl/N-ethyl adjacent to an activating group) is 1. The summed E-state index contributed by atoms with van der Waals surface area (Å²) in [6.07, 6.45) is 0. The molecule has 0 bridgehead atoms. The van der Waals surface area contributed by atoms with Crippen LogP contribution in [0.25, 0.3) is 0 Å². The van der Waals surface area contributed by atoms with E-state index in [1.807, 2.05) is 6.92 Å². The summed E-state index contributed by atoms with van der Waals surface area (Å²) in [5.41, 5.74) is -3.86. The van der Waals surface area contributed by atoms with Gasteiger partial charge in [-0.05, 0) is 30.8 Å². The number of hydrogen-bond acceptors (Lipinski definition) is 3. The first-order valence-corrected chi connectivity index (χ1v) is 6.44. The molecule has 1 unspecified atom stereocenters. The second kappa shape index (κ2) is 6.70. The Bertz CT molecular complexity index is 446. The van der Waals surface area contributed by atoms with Crippen molar-refractivity contribution in [1.82, 2.24) is 5.32 Å². The van der Waals surface area contributed by atoms with Gasteiger partial charge in [0.05, 0.1) is 6.04 Å². The third-order valence-electron chi connectivity index (χ3n) is 2.39. The molecule has 0 radical (unpaired) electrons. The van der Waals surface area contributed by atoms with E-state index in [1.165, 1.54) is 6.07 Å². The number of amidine groups is 1. The highest BCUT2D eigenvalue weighted by atomic mass is 32.2. The molecule has 0 aliphatic carbocycles. The minimum absolute atomic E-state index is 0.127. The van der Waals surface area contributed by atoms with E-state index in [1.54, 1.807) is 32.3 Å². The van der Waals surface area contributed by atoms with Crippen LogP contribution in [0.5, 0.6) is 0 Å². The van der Waals surface area contributed by atoms with Crippen molar-refractivity contribution in [3.63, 3.8) is 0 Å². The van der Waals surface area contributed by atoms with E-state index >= 15 is 0 Å². The van der Waals surface area contributed by atoms with Crippen molar-refractivity contribution in [2.24, 2.45) is 4.99 Å². The van der Waals surface area contributed by atoms with Crippen molar-refractivity contribution in [1.29, 1.82) is 0 Å². The number of halogens is 3. The molecule has 2 N–H and O–H groups in total. The number of rotatable bonds is 4. The molecule has 1 aromatic rings. The predicted molar refractivity (Wildman–Crippen MR) is 73.9 cm³/mol. The van der Waals surface area contributed by atoms with Crippen molar-refractivity contribution >= 4 is 23.3 Å². The maximum Gasteiger partial charge on any atom is 0.446 e. The molecule has 3 nitrogen and oxygen atoms in total. The number of aliphatic imine (C=N–C) groups is 1. The summed E-state index contributed by atoms with van der Waals surface area (Å²) in [5.74, 6) is 0.673. The largest absolute Gasteiger partial charge is 0.446 e. The van der Waals surface area contributed by atoms with Gasteiger partial charge in [-0.1, -0.05) is 12.1 Å². The van der Waals surface area contributed by atoms with Crippen molar-refractivity contribution in [2.45, 2.75) is 23.4 Å². The number of hydrogen-bond donors (Lipinski definition) is 2. The van der Waals surface area contributed by atoms with Gasteiger partial charge >= 0.3 is 5.51 Å². The molecule has 19 heavy (non-hydrogen) atoms. The van der Waals surface area contributed by atoms with E-state index in [0.29, 0.717) is 11.5 Å². The smallest absolute Gasteiger partial charge is 0.375 e. The Morgan fingerprint density at radius 3 is 2.47 bits per heavy atom. The van der Waals surface area contributed by atoms with Crippen LogP contribution in [0.2, 0.25) is 0 Å². The molecule has 1 aromatic carbocycles. The molecule has 1 atom stereocenters. The molecule has 0 amide bonds. The number of nitrogens with one attached hydrogen (secondary N) is 2. The van der Waals surface area contributed by atoms with Crippen LogP contribution < -0.4 is 10.6 Å². The van der Waals surface area contributed by atoms with Gasteiger partial charge in [0.1, 0.15) is 5.84 Å². The first kappa shape index (κ1) is 15.7. The minimum Gasteiger partial charge on any atom is -0.375 e. The van der Waals surface area contributed by atoms with Crippen molar-refractivity contribution < 1.29 is 13.2 Å². The molecular weight excluding hydrogens is 275 g/mol. The zero-order valence-corrected chi connectivity index (χ0v) is 11.7. The van der Waals surface area contributed by atoms with Gasteiger partial charge in [0.15, 0.2) is 0 Å². The minimum atomic E-state index is -4.30. The Kier molecular flexibility index (Phi) is 5.53. The Labute approximate surface area is 114 Å². The number of anilines is 1. The molecule has 0 saturated carbocycles. The Hall–Kier alpha value is -1.37. The molecule has 0 fully saturated rings. The number of alkyl halides is 3. The summed E-state index contributed by atoms with van der Waals surface area (Å²) in [4.78, 5) is 4.17. The Balaban J connectivity index is 2.89. The Morgan fingerprint density at radius 1 is 1.32 bits per heavy atom. The van der Waals surface area contributed by atoms with Gasteiger partial charge in [-0.15, -0.1) is 0 Å². The number of para-hydroxylation sites is 1. The molecule has 0 spiro atoms. The van der Waals surface area contributed by atoms with E-state index in [-0.39, 0.29) is 22.7 Å². The lowest BCUT2D eigenvalue weighted by Gasteiger charge is -2.19. The average molecular weight is 291 g/mol. The lowest BCUT2D eigenvalue weighted by Crippen LogP contribution is -2.35. The quantitative estimate of drug-likeness (QED) is 0.507. The van der Waals surface area contributed by atoms with Gasteiger partial charge in [-0.25, -0.2) is 0 Å². The second-order valence-corrected chi connectivity index (χ2v) is 4.88. The summed E-state index contributed by atoms with van der Waals surface area (Å²) in [5, 5.41) is 5.92. The van der Waals surface area contributed by atoms with Crippen LogP contribution in [0.1, 0.15) is 6.92 Å². The van der Waals surface area contributed by atoms with Gasteiger partial charge in [0.25, 0.3) is 0 Å². The van der Waals surface area contributed by atoms with E-state index in [2.05, 4.69) is 15.6 Å². The average Bonchev–Trinajstić information content (AvgIpc) is 2.31. The standard InChI is InChI=1S/C12H16F3N3S/c1-8(11(16-2)17-3)18-9-6-4-5-7-10(9)19-12(13,14)15/h4-8,18H,1-3H3,(H,16,17). The number of nitrogens with zero attached hydrogens (tertiary/aromatic N) is 1. The molecular formula is C12H16F3N3S. The van der Waals surface area contributed by atoms with Crippen molar-refractivity contribution in [3.8, 4) is 0 Å². The molecule has 7 heteroatoms. The Morgan fingerprint density at radius 2 is 1.95 bits per heavy atom. The topological polar surface area (TPSA) is 36.4 Å². The molecule has 106 valence electrons. The van der Waals surface area contributed by atoms with Gasteiger partial charge in [-0.3, -0.25) is 4.99 Å². The van der Waals surface area contributed by atoms with Gasteiger partial charge < -0.3 is 10.6 Å². The summed E-state index contributed by atoms with van der Waals surface area (Å²) in [7, 11) is 3.34. The highest BCUT2D eigenvalue weighted by Crippen LogP contribution is 2.40. The summed E-state index contributed by atoms with van der Waals surface area (Å²) in [6, 6.07) is 6.13. The van der Waals surface area contributed by atoms with Crippen LogP contribution in [-0.4, -0.2) is 31.5 Å². The molecule has 1 rings (SSSR count). The second-order valence-electron chi connectivity index (χ2n) is 3.77. The van der Waals surface area contributed by atoms with Crippen molar-refractivity contribution in [3.05, 3.63) is 24.3 Å². The van der Waals surface area contributed by atoms with Crippen LogP contribution in [0.3, 0.4) is 0 Å². The maximum atomic E-state index is 12.4.